The molecule has 0 aromatic heterocycles. The fourth-order valence-electron chi connectivity index (χ4n) is 1.87. The summed E-state index contributed by atoms with van der Waals surface area (Å²) in [6.45, 7) is 4.82. The number of carbonyl (C=O) groups excluding carboxylic acids is 1. The minimum absolute atomic E-state index is 0.0367. The molecule has 1 amide bonds. The van der Waals surface area contributed by atoms with Crippen LogP contribution >= 0.6 is 0 Å². The minimum Gasteiger partial charge on any atom is -0.396 e. The average Bonchev–Trinajstić information content (AvgIpc) is 2.39. The molecular formula is C11H22N2O2. The second kappa shape index (κ2) is 6.80. The van der Waals surface area contributed by atoms with E-state index in [4.69, 9.17) is 5.11 Å². The molecule has 0 aromatic rings. The first kappa shape index (κ1) is 12.5. The first-order valence-electron chi connectivity index (χ1n) is 5.88. The molecule has 2 N–H and O–H groups in total. The van der Waals surface area contributed by atoms with Gasteiger partial charge in [0.25, 0.3) is 0 Å². The Morgan fingerprint density at radius 3 is 3.00 bits per heavy atom. The lowest BCUT2D eigenvalue weighted by Crippen LogP contribution is -2.42. The molecule has 4 heteroatoms. The zero-order chi connectivity index (χ0) is 11.1. The van der Waals surface area contributed by atoms with Gasteiger partial charge in [0.1, 0.15) is 0 Å². The topological polar surface area (TPSA) is 52.6 Å². The van der Waals surface area contributed by atoms with E-state index in [-0.39, 0.29) is 18.6 Å². The fourth-order valence-corrected chi connectivity index (χ4v) is 1.87. The predicted octanol–water partition coefficient (Wildman–Crippen LogP) is 0.359. The third kappa shape index (κ3) is 4.18. The van der Waals surface area contributed by atoms with E-state index in [1.807, 2.05) is 11.8 Å². The lowest BCUT2D eigenvalue weighted by molar-refractivity contribution is -0.132. The minimum atomic E-state index is -0.0367. The Morgan fingerprint density at radius 1 is 1.47 bits per heavy atom. The Hall–Kier alpha value is -0.610. The Kier molecular flexibility index (Phi) is 5.65. The molecular weight excluding hydrogens is 192 g/mol. The fraction of sp³-hybridized carbons (Fsp3) is 0.909. The number of nitrogens with one attached hydrogen (secondary N) is 1. The van der Waals surface area contributed by atoms with Crippen molar-refractivity contribution in [2.75, 3.05) is 26.2 Å². The molecule has 15 heavy (non-hydrogen) atoms. The Bertz CT molecular complexity index is 197. The largest absolute Gasteiger partial charge is 0.396 e. The molecule has 0 aromatic carbocycles. The van der Waals surface area contributed by atoms with Crippen LogP contribution in [0.25, 0.3) is 0 Å². The van der Waals surface area contributed by atoms with Crippen molar-refractivity contribution in [3.63, 3.8) is 0 Å². The quantitative estimate of drug-likeness (QED) is 0.650. The van der Waals surface area contributed by atoms with E-state index >= 15 is 0 Å². The van der Waals surface area contributed by atoms with Crippen molar-refractivity contribution in [1.29, 1.82) is 0 Å². The van der Waals surface area contributed by atoms with Gasteiger partial charge in [0.05, 0.1) is 6.04 Å². The Labute approximate surface area is 91.6 Å². The Morgan fingerprint density at radius 2 is 2.27 bits per heavy atom. The van der Waals surface area contributed by atoms with Crippen molar-refractivity contribution in [3.05, 3.63) is 0 Å². The summed E-state index contributed by atoms with van der Waals surface area (Å²) in [6, 6.07) is -0.0367. The lowest BCUT2D eigenvalue weighted by atomic mass is 10.2. The molecule has 4 nitrogen and oxygen atoms in total. The van der Waals surface area contributed by atoms with Gasteiger partial charge in [0, 0.05) is 19.7 Å². The highest BCUT2D eigenvalue weighted by Gasteiger charge is 2.21. The summed E-state index contributed by atoms with van der Waals surface area (Å²) in [4.78, 5) is 13.8. The lowest BCUT2D eigenvalue weighted by Gasteiger charge is -2.22. The molecule has 0 bridgehead atoms. The molecule has 1 aliphatic rings. The molecule has 88 valence electrons. The highest BCUT2D eigenvalue weighted by Crippen LogP contribution is 2.05. The molecule has 1 aliphatic heterocycles. The maximum atomic E-state index is 11.8. The van der Waals surface area contributed by atoms with Crippen molar-refractivity contribution in [1.82, 2.24) is 10.2 Å². The van der Waals surface area contributed by atoms with Crippen molar-refractivity contribution >= 4 is 5.91 Å². The highest BCUT2D eigenvalue weighted by molar-refractivity contribution is 5.81. The smallest absolute Gasteiger partial charge is 0.239 e. The summed E-state index contributed by atoms with van der Waals surface area (Å²) < 4.78 is 0. The van der Waals surface area contributed by atoms with Gasteiger partial charge in [-0.05, 0) is 39.2 Å². The molecule has 0 spiro atoms. The van der Waals surface area contributed by atoms with E-state index in [1.54, 1.807) is 0 Å². The van der Waals surface area contributed by atoms with Crippen LogP contribution in [0.3, 0.4) is 0 Å². The number of carbonyl (C=O) groups is 1. The number of rotatable bonds is 5. The van der Waals surface area contributed by atoms with Crippen molar-refractivity contribution in [3.8, 4) is 0 Å². The van der Waals surface area contributed by atoms with E-state index in [0.29, 0.717) is 0 Å². The number of aliphatic hydroxyl groups excluding tert-OH is 1. The first-order chi connectivity index (χ1) is 7.25. The monoisotopic (exact) mass is 214 g/mol. The average molecular weight is 214 g/mol. The van der Waals surface area contributed by atoms with Crippen LogP contribution in [0.15, 0.2) is 0 Å². The van der Waals surface area contributed by atoms with E-state index in [1.165, 1.54) is 0 Å². The van der Waals surface area contributed by atoms with Gasteiger partial charge in [-0.15, -0.1) is 0 Å². The summed E-state index contributed by atoms with van der Waals surface area (Å²) in [7, 11) is 0. The zero-order valence-corrected chi connectivity index (χ0v) is 9.54. The van der Waals surface area contributed by atoms with Crippen LogP contribution in [-0.4, -0.2) is 48.2 Å². The van der Waals surface area contributed by atoms with Gasteiger partial charge in [-0.25, -0.2) is 0 Å². The Balaban J connectivity index is 2.28. The molecule has 0 saturated carbocycles. The van der Waals surface area contributed by atoms with E-state index < -0.39 is 0 Å². The second-order valence-electron chi connectivity index (χ2n) is 4.14. The first-order valence-corrected chi connectivity index (χ1v) is 5.88. The molecule has 1 unspecified atom stereocenters. The summed E-state index contributed by atoms with van der Waals surface area (Å²) in [5.41, 5.74) is 0. The van der Waals surface area contributed by atoms with Gasteiger partial charge in [-0.3, -0.25) is 4.79 Å². The highest BCUT2D eigenvalue weighted by atomic mass is 16.2. The van der Waals surface area contributed by atoms with Crippen LogP contribution in [0, 0.1) is 0 Å². The van der Waals surface area contributed by atoms with Gasteiger partial charge in [-0.2, -0.15) is 0 Å². The molecule has 1 heterocycles. The molecule has 0 aliphatic carbocycles. The van der Waals surface area contributed by atoms with Gasteiger partial charge in [0.2, 0.25) is 5.91 Å². The van der Waals surface area contributed by atoms with E-state index in [0.717, 1.165) is 45.3 Å². The normalized spacial score (nSPS) is 22.9. The van der Waals surface area contributed by atoms with Crippen LogP contribution in [0.4, 0.5) is 0 Å². The zero-order valence-electron chi connectivity index (χ0n) is 9.54. The molecule has 1 atom stereocenters. The van der Waals surface area contributed by atoms with Gasteiger partial charge in [-0.1, -0.05) is 0 Å². The van der Waals surface area contributed by atoms with Crippen LogP contribution < -0.4 is 5.32 Å². The van der Waals surface area contributed by atoms with E-state index in [2.05, 4.69) is 5.32 Å². The standard InChI is InChI=1S/C11H22N2O2/c1-10-11(15)13(8-5-6-12-10)7-3-2-4-9-14/h10,12,14H,2-9H2,1H3. The molecule has 1 fully saturated rings. The van der Waals surface area contributed by atoms with Gasteiger partial charge in [0.15, 0.2) is 0 Å². The third-order valence-electron chi connectivity index (χ3n) is 2.82. The summed E-state index contributed by atoms with van der Waals surface area (Å²) >= 11 is 0. The van der Waals surface area contributed by atoms with Crippen LogP contribution in [0.5, 0.6) is 0 Å². The van der Waals surface area contributed by atoms with Crippen molar-refractivity contribution < 1.29 is 9.90 Å². The SMILES string of the molecule is CC1NCCCN(CCCCCO)C1=O. The van der Waals surface area contributed by atoms with Crippen LogP contribution in [0.2, 0.25) is 0 Å². The number of unbranched alkanes of at least 4 members (excludes halogenated alkanes) is 2. The number of hydrogen-bond acceptors (Lipinski definition) is 3. The number of aliphatic hydroxyl groups is 1. The second-order valence-corrected chi connectivity index (χ2v) is 4.14. The molecule has 1 saturated heterocycles. The maximum absolute atomic E-state index is 11.8. The van der Waals surface area contributed by atoms with Gasteiger partial charge < -0.3 is 15.3 Å². The third-order valence-corrected chi connectivity index (χ3v) is 2.82. The number of nitrogens with zero attached hydrogens (tertiary/aromatic N) is 1. The van der Waals surface area contributed by atoms with Crippen molar-refractivity contribution in [2.45, 2.75) is 38.6 Å². The maximum Gasteiger partial charge on any atom is 0.239 e. The summed E-state index contributed by atoms with van der Waals surface area (Å²) in [5.74, 6) is 0.219. The predicted molar refractivity (Wildman–Crippen MR) is 59.6 cm³/mol. The van der Waals surface area contributed by atoms with Crippen molar-refractivity contribution in [2.24, 2.45) is 0 Å². The van der Waals surface area contributed by atoms with Gasteiger partial charge >= 0.3 is 0 Å². The molecule has 1 rings (SSSR count). The van der Waals surface area contributed by atoms with E-state index in [9.17, 15) is 4.79 Å². The number of hydrogen-bond donors (Lipinski definition) is 2. The summed E-state index contributed by atoms with van der Waals surface area (Å²) in [6.07, 6.45) is 3.88. The van der Waals surface area contributed by atoms with Crippen LogP contribution in [-0.2, 0) is 4.79 Å². The molecule has 0 radical (unpaired) electrons. The van der Waals surface area contributed by atoms with Crippen LogP contribution in [0.1, 0.15) is 32.6 Å². The summed E-state index contributed by atoms with van der Waals surface area (Å²) in [5, 5.41) is 11.8. The number of amides is 1.